The Morgan fingerprint density at radius 2 is 2.05 bits per heavy atom. The Hall–Kier alpha value is -2.37. The zero-order valence-corrected chi connectivity index (χ0v) is 27.1. The van der Waals surface area contributed by atoms with Crippen molar-refractivity contribution in [2.45, 2.75) is 74.7 Å². The Labute approximate surface area is 265 Å². The van der Waals surface area contributed by atoms with E-state index in [4.69, 9.17) is 35.7 Å². The van der Waals surface area contributed by atoms with Crippen LogP contribution in [-0.4, -0.2) is 71.9 Å². The average Bonchev–Trinajstić information content (AvgIpc) is 3.14. The van der Waals surface area contributed by atoms with Crippen LogP contribution in [0.3, 0.4) is 0 Å². The SMILES string of the molecule is COC(=O)c1ccc2c(c1)N(C[C@@H]1CC[C@H]1[C@H]1C[C@H](OC[C@H](C)S(N)(=O)=O)CCO1)C[C@@]1(CCCc3cc(Cl)ccc31)CO2. The molecule has 1 spiro atoms. The number of primary sulfonamides is 1. The van der Waals surface area contributed by atoms with Gasteiger partial charge in [0.1, 0.15) is 5.75 Å². The molecule has 0 amide bonds. The molecule has 44 heavy (non-hydrogen) atoms. The summed E-state index contributed by atoms with van der Waals surface area (Å²) in [5, 5.41) is 5.31. The highest BCUT2D eigenvalue weighted by Crippen LogP contribution is 2.47. The summed E-state index contributed by atoms with van der Waals surface area (Å²) in [5.74, 6) is 1.16. The smallest absolute Gasteiger partial charge is 0.337 e. The van der Waals surface area contributed by atoms with Gasteiger partial charge in [-0.3, -0.25) is 0 Å². The fourth-order valence-electron chi connectivity index (χ4n) is 7.56. The van der Waals surface area contributed by atoms with E-state index in [2.05, 4.69) is 17.0 Å². The minimum absolute atomic E-state index is 0.0490. The van der Waals surface area contributed by atoms with E-state index in [1.54, 1.807) is 13.0 Å². The summed E-state index contributed by atoms with van der Waals surface area (Å²) in [4.78, 5) is 15.0. The van der Waals surface area contributed by atoms with Crippen LogP contribution in [0.15, 0.2) is 36.4 Å². The van der Waals surface area contributed by atoms with Crippen LogP contribution in [0.1, 0.15) is 66.9 Å². The first-order valence-electron chi connectivity index (χ1n) is 15.7. The Balaban J connectivity index is 1.24. The number of nitrogens with zero attached hydrogens (tertiary/aromatic N) is 1. The van der Waals surface area contributed by atoms with Crippen molar-refractivity contribution in [3.63, 3.8) is 0 Å². The molecule has 6 atom stereocenters. The van der Waals surface area contributed by atoms with Crippen LogP contribution in [-0.2, 0) is 36.1 Å². The summed E-state index contributed by atoms with van der Waals surface area (Å²) < 4.78 is 47.3. The van der Waals surface area contributed by atoms with E-state index in [1.165, 1.54) is 18.2 Å². The van der Waals surface area contributed by atoms with Crippen molar-refractivity contribution in [2.24, 2.45) is 17.0 Å². The van der Waals surface area contributed by atoms with E-state index in [0.717, 1.165) is 74.5 Å². The fraction of sp³-hybridized carbons (Fsp3) is 0.606. The zero-order valence-electron chi connectivity index (χ0n) is 25.5. The lowest BCUT2D eigenvalue weighted by Crippen LogP contribution is -2.51. The third-order valence-corrected chi connectivity index (χ3v) is 11.8. The van der Waals surface area contributed by atoms with Gasteiger partial charge >= 0.3 is 5.97 Å². The maximum atomic E-state index is 12.5. The third kappa shape index (κ3) is 6.47. The number of fused-ring (bicyclic) bond motifs is 3. The molecule has 6 rings (SSSR count). The van der Waals surface area contributed by atoms with Gasteiger partial charge < -0.3 is 23.8 Å². The van der Waals surface area contributed by atoms with Gasteiger partial charge in [-0.15, -0.1) is 0 Å². The molecule has 2 aromatic carbocycles. The topological polar surface area (TPSA) is 117 Å². The molecule has 0 unspecified atom stereocenters. The first kappa shape index (κ1) is 31.6. The van der Waals surface area contributed by atoms with Gasteiger partial charge in [-0.1, -0.05) is 17.7 Å². The van der Waals surface area contributed by atoms with Crippen LogP contribution in [0.25, 0.3) is 0 Å². The van der Waals surface area contributed by atoms with Crippen LogP contribution in [0, 0.1) is 11.8 Å². The molecule has 2 aliphatic carbocycles. The Morgan fingerprint density at radius 1 is 1.20 bits per heavy atom. The number of aryl methyl sites for hydroxylation is 1. The van der Waals surface area contributed by atoms with Crippen LogP contribution < -0.4 is 14.8 Å². The number of esters is 1. The summed E-state index contributed by atoms with van der Waals surface area (Å²) in [5.41, 5.74) is 3.80. The number of carbonyl (C=O) groups excluding carboxylic acids is 1. The lowest BCUT2D eigenvalue weighted by molar-refractivity contribution is -0.116. The van der Waals surface area contributed by atoms with E-state index in [9.17, 15) is 13.2 Å². The summed E-state index contributed by atoms with van der Waals surface area (Å²) in [6.07, 6.45) is 6.69. The summed E-state index contributed by atoms with van der Waals surface area (Å²) >= 11 is 6.41. The Morgan fingerprint density at radius 3 is 2.80 bits per heavy atom. The predicted octanol–water partition coefficient (Wildman–Crippen LogP) is 4.87. The number of anilines is 1. The highest BCUT2D eigenvalue weighted by molar-refractivity contribution is 7.89. The Bertz CT molecular complexity index is 1490. The second kappa shape index (κ2) is 12.8. The summed E-state index contributed by atoms with van der Waals surface area (Å²) in [7, 11) is -2.23. The van der Waals surface area contributed by atoms with Crippen LogP contribution in [0.2, 0.25) is 5.02 Å². The molecule has 1 saturated carbocycles. The van der Waals surface area contributed by atoms with Gasteiger partial charge in [-0.25, -0.2) is 18.4 Å². The van der Waals surface area contributed by atoms with Crippen molar-refractivity contribution in [2.75, 3.05) is 44.9 Å². The number of benzene rings is 2. The molecular formula is C33H43ClN2O7S. The molecule has 9 nitrogen and oxygen atoms in total. The number of hydrogen-bond donors (Lipinski definition) is 1. The first-order chi connectivity index (χ1) is 21.1. The van der Waals surface area contributed by atoms with E-state index < -0.39 is 15.3 Å². The summed E-state index contributed by atoms with van der Waals surface area (Å²) in [6, 6.07) is 11.8. The Kier molecular flexibility index (Phi) is 9.19. The monoisotopic (exact) mass is 646 g/mol. The quantitative estimate of drug-likeness (QED) is 0.404. The maximum absolute atomic E-state index is 12.5. The molecular weight excluding hydrogens is 604 g/mol. The normalized spacial score (nSPS) is 29.0. The van der Waals surface area contributed by atoms with Crippen molar-refractivity contribution >= 4 is 33.3 Å². The van der Waals surface area contributed by atoms with Crippen molar-refractivity contribution in [1.82, 2.24) is 0 Å². The standard InChI is InChI=1S/C33H43ClN2O7S/c1-21(44(35,38)39)18-42-26-11-13-41-31(16-26)27-8-5-24(27)17-36-19-33(12-3-4-22-14-25(34)7-9-28(22)33)20-43-30-10-6-23(15-29(30)36)32(37)40-2/h6-7,9-10,14-15,21,24,26-27,31H,3-5,8,11-13,16-20H2,1-2H3,(H2,35,38,39)/t21-,24-,26+,27+,31+,33-/m0/s1. The molecule has 2 heterocycles. The molecule has 1 saturated heterocycles. The summed E-state index contributed by atoms with van der Waals surface area (Å²) in [6.45, 7) is 4.39. The number of ether oxygens (including phenoxy) is 4. The molecule has 4 aliphatic rings. The average molecular weight is 647 g/mol. The van der Waals surface area contributed by atoms with Gasteiger partial charge in [-0.05, 0) is 98.7 Å². The van der Waals surface area contributed by atoms with Crippen molar-refractivity contribution in [1.29, 1.82) is 0 Å². The highest BCUT2D eigenvalue weighted by Gasteiger charge is 2.45. The van der Waals surface area contributed by atoms with Crippen molar-refractivity contribution < 1.29 is 32.2 Å². The van der Waals surface area contributed by atoms with Crippen molar-refractivity contribution in [3.8, 4) is 5.75 Å². The third-order valence-electron chi connectivity index (χ3n) is 10.3. The lowest BCUT2D eigenvalue weighted by atomic mass is 9.67. The second-order valence-corrected chi connectivity index (χ2v) is 15.5. The van der Waals surface area contributed by atoms with Gasteiger partial charge in [0.15, 0.2) is 0 Å². The van der Waals surface area contributed by atoms with Crippen LogP contribution in [0.4, 0.5) is 5.69 Å². The number of nitrogens with two attached hydrogens (primary N) is 1. The van der Waals surface area contributed by atoms with Gasteiger partial charge in [-0.2, -0.15) is 0 Å². The number of methoxy groups -OCH3 is 1. The van der Waals surface area contributed by atoms with Crippen LogP contribution in [0.5, 0.6) is 5.75 Å². The van der Waals surface area contributed by atoms with E-state index in [1.807, 2.05) is 18.2 Å². The minimum atomic E-state index is -3.63. The van der Waals surface area contributed by atoms with E-state index in [0.29, 0.717) is 30.6 Å². The molecule has 2 fully saturated rings. The molecule has 0 radical (unpaired) electrons. The fourth-order valence-corrected chi connectivity index (χ4v) is 8.03. The molecule has 2 N–H and O–H groups in total. The number of hydrogen-bond acceptors (Lipinski definition) is 8. The molecule has 2 aliphatic heterocycles. The molecule has 11 heteroatoms. The van der Waals surface area contributed by atoms with Crippen molar-refractivity contribution in [3.05, 3.63) is 58.1 Å². The number of rotatable bonds is 8. The minimum Gasteiger partial charge on any atom is -0.490 e. The van der Waals surface area contributed by atoms with Gasteiger partial charge in [0.05, 0.1) is 49.0 Å². The first-order valence-corrected chi connectivity index (χ1v) is 17.7. The maximum Gasteiger partial charge on any atom is 0.337 e. The highest BCUT2D eigenvalue weighted by atomic mass is 35.5. The lowest BCUT2D eigenvalue weighted by Gasteiger charge is -2.47. The van der Waals surface area contributed by atoms with Gasteiger partial charge in [0.25, 0.3) is 0 Å². The second-order valence-electron chi connectivity index (χ2n) is 13.1. The van der Waals surface area contributed by atoms with Gasteiger partial charge in [0, 0.05) is 36.6 Å². The number of carbonyl (C=O) groups is 1. The number of sulfonamides is 1. The van der Waals surface area contributed by atoms with Crippen LogP contribution >= 0.6 is 11.6 Å². The molecule has 0 bridgehead atoms. The number of halogens is 1. The molecule has 2 aromatic rings. The van der Waals surface area contributed by atoms with Gasteiger partial charge in [0.2, 0.25) is 10.0 Å². The van der Waals surface area contributed by atoms with E-state index in [-0.39, 0.29) is 30.2 Å². The van der Waals surface area contributed by atoms with E-state index >= 15 is 0 Å². The predicted molar refractivity (Wildman–Crippen MR) is 169 cm³/mol. The molecule has 240 valence electrons. The zero-order chi connectivity index (χ0) is 31.1. The largest absolute Gasteiger partial charge is 0.490 e. The molecule has 0 aromatic heterocycles.